The van der Waals surface area contributed by atoms with Gasteiger partial charge in [-0.05, 0) is 51.9 Å². The van der Waals surface area contributed by atoms with Gasteiger partial charge in [-0.25, -0.2) is 0 Å². The highest BCUT2D eigenvalue weighted by Crippen LogP contribution is 2.13. The van der Waals surface area contributed by atoms with Gasteiger partial charge in [0, 0.05) is 29.7 Å². The van der Waals surface area contributed by atoms with Gasteiger partial charge in [0.2, 0.25) is 0 Å². The van der Waals surface area contributed by atoms with Gasteiger partial charge in [-0.2, -0.15) is 0 Å². The van der Waals surface area contributed by atoms with Crippen LogP contribution in [0, 0.1) is 0 Å². The lowest BCUT2D eigenvalue weighted by atomic mass is 10.1. The number of halogens is 1. The van der Waals surface area contributed by atoms with Crippen molar-refractivity contribution in [3.63, 3.8) is 0 Å². The standard InChI is InChI=1S/C16H27ClN2/c1-6-15(11-18-16(2,3)4)19(5)12-13-7-9-14(17)10-8-13/h7-10,15,18H,6,11-12H2,1-5H3. The molecule has 1 aromatic rings. The molecule has 0 aromatic heterocycles. The van der Waals surface area contributed by atoms with Gasteiger partial charge in [0.1, 0.15) is 0 Å². The molecule has 108 valence electrons. The van der Waals surface area contributed by atoms with Crippen molar-refractivity contribution in [2.24, 2.45) is 0 Å². The van der Waals surface area contributed by atoms with Gasteiger partial charge >= 0.3 is 0 Å². The Balaban J connectivity index is 2.53. The third-order valence-corrected chi connectivity index (χ3v) is 3.56. The van der Waals surface area contributed by atoms with E-state index in [2.05, 4.69) is 57.1 Å². The molecule has 0 heterocycles. The third kappa shape index (κ3) is 6.42. The highest BCUT2D eigenvalue weighted by atomic mass is 35.5. The van der Waals surface area contributed by atoms with E-state index in [-0.39, 0.29) is 5.54 Å². The van der Waals surface area contributed by atoms with Crippen molar-refractivity contribution in [2.75, 3.05) is 13.6 Å². The predicted molar refractivity (Wildman–Crippen MR) is 84.8 cm³/mol. The molecule has 0 saturated carbocycles. The van der Waals surface area contributed by atoms with E-state index in [9.17, 15) is 0 Å². The van der Waals surface area contributed by atoms with Gasteiger partial charge in [0.25, 0.3) is 0 Å². The van der Waals surface area contributed by atoms with Crippen LogP contribution in [0.5, 0.6) is 0 Å². The summed E-state index contributed by atoms with van der Waals surface area (Å²) in [6, 6.07) is 8.67. The van der Waals surface area contributed by atoms with E-state index in [1.165, 1.54) is 5.56 Å². The van der Waals surface area contributed by atoms with E-state index >= 15 is 0 Å². The molecule has 0 bridgehead atoms. The second-order valence-electron chi connectivity index (χ2n) is 6.23. The minimum absolute atomic E-state index is 0.175. The molecule has 0 fully saturated rings. The van der Waals surface area contributed by atoms with Crippen molar-refractivity contribution < 1.29 is 0 Å². The predicted octanol–water partition coefficient (Wildman–Crippen LogP) is 3.94. The normalized spacial score (nSPS) is 13.8. The SMILES string of the molecule is CCC(CNC(C)(C)C)N(C)Cc1ccc(Cl)cc1. The second-order valence-corrected chi connectivity index (χ2v) is 6.67. The lowest BCUT2D eigenvalue weighted by molar-refractivity contribution is 0.208. The van der Waals surface area contributed by atoms with Crippen molar-refractivity contribution in [2.45, 2.75) is 52.2 Å². The molecular formula is C16H27ClN2. The molecular weight excluding hydrogens is 256 g/mol. The molecule has 0 aliphatic carbocycles. The maximum atomic E-state index is 5.91. The van der Waals surface area contributed by atoms with Crippen molar-refractivity contribution in [1.82, 2.24) is 10.2 Å². The summed E-state index contributed by atoms with van der Waals surface area (Å²) < 4.78 is 0. The Bertz CT molecular complexity index is 367. The molecule has 0 spiro atoms. The second kappa shape index (κ2) is 7.28. The number of hydrogen-bond acceptors (Lipinski definition) is 2. The third-order valence-electron chi connectivity index (χ3n) is 3.31. The highest BCUT2D eigenvalue weighted by Gasteiger charge is 2.16. The molecule has 1 N–H and O–H groups in total. The van der Waals surface area contributed by atoms with Gasteiger partial charge in [-0.3, -0.25) is 4.90 Å². The lowest BCUT2D eigenvalue weighted by Crippen LogP contribution is -2.46. The minimum Gasteiger partial charge on any atom is -0.311 e. The first kappa shape index (κ1) is 16.5. The number of likely N-dealkylation sites (N-methyl/N-ethyl adjacent to an activating group) is 1. The summed E-state index contributed by atoms with van der Waals surface area (Å²) in [5.74, 6) is 0. The summed E-state index contributed by atoms with van der Waals surface area (Å²) in [4.78, 5) is 2.40. The number of nitrogens with one attached hydrogen (secondary N) is 1. The van der Waals surface area contributed by atoms with Crippen LogP contribution in [0.15, 0.2) is 24.3 Å². The first-order chi connectivity index (χ1) is 8.81. The molecule has 0 aliphatic heterocycles. The fraction of sp³-hybridized carbons (Fsp3) is 0.625. The fourth-order valence-corrected chi connectivity index (χ4v) is 2.17. The zero-order valence-electron chi connectivity index (χ0n) is 12.8. The number of hydrogen-bond donors (Lipinski definition) is 1. The Hall–Kier alpha value is -0.570. The van der Waals surface area contributed by atoms with E-state index in [4.69, 9.17) is 11.6 Å². The summed E-state index contributed by atoms with van der Waals surface area (Å²) in [7, 11) is 2.19. The van der Waals surface area contributed by atoms with E-state index in [1.54, 1.807) is 0 Å². The quantitative estimate of drug-likeness (QED) is 0.850. The Morgan fingerprint density at radius 1 is 1.21 bits per heavy atom. The summed E-state index contributed by atoms with van der Waals surface area (Å²) >= 11 is 5.91. The van der Waals surface area contributed by atoms with Gasteiger partial charge in [-0.1, -0.05) is 30.7 Å². The largest absolute Gasteiger partial charge is 0.311 e. The van der Waals surface area contributed by atoms with Gasteiger partial charge in [-0.15, -0.1) is 0 Å². The number of rotatable bonds is 6. The number of nitrogens with zero attached hydrogens (tertiary/aromatic N) is 1. The van der Waals surface area contributed by atoms with E-state index < -0.39 is 0 Å². The first-order valence-electron chi connectivity index (χ1n) is 7.01. The maximum Gasteiger partial charge on any atom is 0.0406 e. The summed E-state index contributed by atoms with van der Waals surface area (Å²) in [5, 5.41) is 4.38. The van der Waals surface area contributed by atoms with Crippen LogP contribution in [0.2, 0.25) is 5.02 Å². The van der Waals surface area contributed by atoms with E-state index in [1.807, 2.05) is 12.1 Å². The van der Waals surface area contributed by atoms with Crippen LogP contribution in [-0.2, 0) is 6.54 Å². The lowest BCUT2D eigenvalue weighted by Gasteiger charge is -2.31. The smallest absolute Gasteiger partial charge is 0.0406 e. The molecule has 1 rings (SSSR count). The summed E-state index contributed by atoms with van der Waals surface area (Å²) in [6.07, 6.45) is 1.15. The minimum atomic E-state index is 0.175. The molecule has 1 atom stereocenters. The highest BCUT2D eigenvalue weighted by molar-refractivity contribution is 6.30. The Morgan fingerprint density at radius 2 is 1.79 bits per heavy atom. The molecule has 1 aromatic carbocycles. The maximum absolute atomic E-state index is 5.91. The van der Waals surface area contributed by atoms with Crippen molar-refractivity contribution in [3.05, 3.63) is 34.9 Å². The molecule has 19 heavy (non-hydrogen) atoms. The average Bonchev–Trinajstić information content (AvgIpc) is 2.31. The molecule has 3 heteroatoms. The monoisotopic (exact) mass is 282 g/mol. The van der Waals surface area contributed by atoms with Gasteiger partial charge < -0.3 is 5.32 Å². The van der Waals surface area contributed by atoms with Crippen LogP contribution in [0.4, 0.5) is 0 Å². The van der Waals surface area contributed by atoms with Crippen molar-refractivity contribution in [3.8, 4) is 0 Å². The van der Waals surface area contributed by atoms with Crippen LogP contribution in [0.3, 0.4) is 0 Å². The molecule has 0 aliphatic rings. The topological polar surface area (TPSA) is 15.3 Å². The summed E-state index contributed by atoms with van der Waals surface area (Å²) in [5.41, 5.74) is 1.48. The zero-order valence-corrected chi connectivity index (χ0v) is 13.6. The van der Waals surface area contributed by atoms with Crippen LogP contribution < -0.4 is 5.32 Å². The van der Waals surface area contributed by atoms with Crippen LogP contribution in [0.1, 0.15) is 39.7 Å². The molecule has 0 radical (unpaired) electrons. The average molecular weight is 283 g/mol. The zero-order chi connectivity index (χ0) is 14.5. The summed E-state index contributed by atoms with van der Waals surface area (Å²) in [6.45, 7) is 10.8. The van der Waals surface area contributed by atoms with Crippen molar-refractivity contribution in [1.29, 1.82) is 0 Å². The van der Waals surface area contributed by atoms with Crippen LogP contribution >= 0.6 is 11.6 Å². The Labute approximate surface area is 123 Å². The van der Waals surface area contributed by atoms with E-state index in [0.29, 0.717) is 6.04 Å². The molecule has 2 nitrogen and oxygen atoms in total. The van der Waals surface area contributed by atoms with Crippen LogP contribution in [-0.4, -0.2) is 30.1 Å². The number of benzene rings is 1. The first-order valence-corrected chi connectivity index (χ1v) is 7.39. The Morgan fingerprint density at radius 3 is 2.26 bits per heavy atom. The van der Waals surface area contributed by atoms with Gasteiger partial charge in [0.05, 0.1) is 0 Å². The van der Waals surface area contributed by atoms with Crippen LogP contribution in [0.25, 0.3) is 0 Å². The molecule has 0 saturated heterocycles. The van der Waals surface area contributed by atoms with Crippen molar-refractivity contribution >= 4 is 11.6 Å². The van der Waals surface area contributed by atoms with Gasteiger partial charge in [0.15, 0.2) is 0 Å². The fourth-order valence-electron chi connectivity index (χ4n) is 2.04. The Kier molecular flexibility index (Phi) is 6.31. The molecule has 0 amide bonds. The van der Waals surface area contributed by atoms with E-state index in [0.717, 1.165) is 24.5 Å². The molecule has 1 unspecified atom stereocenters.